The molecule has 0 bridgehead atoms. The molecule has 2 aromatic rings. The van der Waals surface area contributed by atoms with E-state index in [4.69, 9.17) is 5.73 Å². The highest BCUT2D eigenvalue weighted by Gasteiger charge is 2.15. The van der Waals surface area contributed by atoms with Crippen molar-refractivity contribution in [3.05, 3.63) is 40.9 Å². The van der Waals surface area contributed by atoms with Crippen LogP contribution in [0, 0.1) is 6.92 Å². The number of nitrogens with zero attached hydrogens (tertiary/aromatic N) is 1. The predicted molar refractivity (Wildman–Crippen MR) is 79.1 cm³/mol. The second-order valence-corrected chi connectivity index (χ2v) is 5.00. The molecule has 0 aliphatic carbocycles. The van der Waals surface area contributed by atoms with Crippen molar-refractivity contribution in [1.29, 1.82) is 0 Å². The number of nitrogens with two attached hydrogens (primary N) is 1. The lowest BCUT2D eigenvalue weighted by molar-refractivity contribution is -0.132. The Bertz CT molecular complexity index is 694. The third kappa shape index (κ3) is 3.86. The number of aromatic nitrogens is 1. The number of hydrogen-bond acceptors (Lipinski definition) is 5. The van der Waals surface area contributed by atoms with Crippen molar-refractivity contribution >= 4 is 39.9 Å². The monoisotopic (exact) mass is 304 g/mol. The van der Waals surface area contributed by atoms with Crippen molar-refractivity contribution < 1.29 is 14.4 Å². The molecule has 0 saturated heterocycles. The molecule has 4 N–H and O–H groups in total. The second kappa shape index (κ2) is 6.14. The molecular formula is C13H12N4O3S. The second-order valence-electron chi connectivity index (χ2n) is 4.14. The van der Waals surface area contributed by atoms with Crippen LogP contribution in [0.5, 0.6) is 0 Å². The van der Waals surface area contributed by atoms with Gasteiger partial charge < -0.3 is 11.1 Å². The number of rotatable bonds is 3. The van der Waals surface area contributed by atoms with Crippen LogP contribution in [-0.2, 0) is 9.59 Å². The standard InChI is InChI=1S/C13H12N4O3S/c1-7-6-21-13(15-7)17-12(20)11(19)16-9-4-2-8(3-5-9)10(14)18/h2-6H,1H3,(H2,14,18)(H,16,19)(H,15,17,20). The maximum absolute atomic E-state index is 11.7. The molecule has 2 rings (SSSR count). The molecule has 21 heavy (non-hydrogen) atoms. The zero-order chi connectivity index (χ0) is 15.4. The summed E-state index contributed by atoms with van der Waals surface area (Å²) in [6.45, 7) is 1.78. The molecule has 1 aromatic carbocycles. The maximum atomic E-state index is 11.7. The molecular weight excluding hydrogens is 292 g/mol. The summed E-state index contributed by atoms with van der Waals surface area (Å²) in [5.74, 6) is -2.21. The summed E-state index contributed by atoms with van der Waals surface area (Å²) in [6.07, 6.45) is 0. The van der Waals surface area contributed by atoms with E-state index < -0.39 is 17.7 Å². The molecule has 1 aromatic heterocycles. The average molecular weight is 304 g/mol. The number of anilines is 2. The van der Waals surface area contributed by atoms with Gasteiger partial charge in [0.05, 0.1) is 5.69 Å². The molecule has 1 heterocycles. The third-order valence-electron chi connectivity index (χ3n) is 2.47. The summed E-state index contributed by atoms with van der Waals surface area (Å²) in [6, 6.07) is 5.89. The van der Waals surface area contributed by atoms with Crippen molar-refractivity contribution in [2.75, 3.05) is 10.6 Å². The van der Waals surface area contributed by atoms with Crippen LogP contribution in [0.3, 0.4) is 0 Å². The van der Waals surface area contributed by atoms with E-state index in [9.17, 15) is 14.4 Å². The Morgan fingerprint density at radius 3 is 2.24 bits per heavy atom. The number of amides is 3. The van der Waals surface area contributed by atoms with Crippen molar-refractivity contribution in [3.63, 3.8) is 0 Å². The van der Waals surface area contributed by atoms with E-state index in [-0.39, 0.29) is 0 Å². The van der Waals surface area contributed by atoms with Crippen molar-refractivity contribution in [2.24, 2.45) is 5.73 Å². The molecule has 0 aliphatic heterocycles. The first-order valence-electron chi connectivity index (χ1n) is 5.90. The van der Waals surface area contributed by atoms with E-state index in [2.05, 4.69) is 15.6 Å². The van der Waals surface area contributed by atoms with Crippen LogP contribution in [0.4, 0.5) is 10.8 Å². The van der Waals surface area contributed by atoms with Crippen LogP contribution in [0.15, 0.2) is 29.6 Å². The summed E-state index contributed by atoms with van der Waals surface area (Å²) in [4.78, 5) is 38.3. The first-order valence-corrected chi connectivity index (χ1v) is 6.78. The Morgan fingerprint density at radius 1 is 1.10 bits per heavy atom. The summed E-state index contributed by atoms with van der Waals surface area (Å²) in [5.41, 5.74) is 6.57. The third-order valence-corrected chi connectivity index (χ3v) is 3.35. The quantitative estimate of drug-likeness (QED) is 0.737. The molecule has 3 amide bonds. The lowest BCUT2D eigenvalue weighted by Crippen LogP contribution is -2.29. The molecule has 0 aliphatic rings. The number of aryl methyl sites for hydroxylation is 1. The van der Waals surface area contributed by atoms with Gasteiger partial charge in [0.2, 0.25) is 5.91 Å². The van der Waals surface area contributed by atoms with Gasteiger partial charge in [-0.25, -0.2) is 4.98 Å². The first kappa shape index (κ1) is 14.7. The molecule has 0 radical (unpaired) electrons. The van der Waals surface area contributed by atoms with E-state index in [0.29, 0.717) is 16.4 Å². The summed E-state index contributed by atoms with van der Waals surface area (Å²) in [7, 11) is 0. The maximum Gasteiger partial charge on any atom is 0.315 e. The van der Waals surface area contributed by atoms with Crippen LogP contribution >= 0.6 is 11.3 Å². The van der Waals surface area contributed by atoms with E-state index in [1.165, 1.54) is 35.6 Å². The molecule has 0 saturated carbocycles. The summed E-state index contributed by atoms with van der Waals surface area (Å²) >= 11 is 1.23. The molecule has 8 heteroatoms. The van der Waals surface area contributed by atoms with Crippen LogP contribution < -0.4 is 16.4 Å². The Hall–Kier alpha value is -2.74. The number of hydrogen-bond donors (Lipinski definition) is 3. The van der Waals surface area contributed by atoms with Gasteiger partial charge >= 0.3 is 11.8 Å². The van der Waals surface area contributed by atoms with Gasteiger partial charge in [-0.3, -0.25) is 19.7 Å². The fraction of sp³-hybridized carbons (Fsp3) is 0.0769. The van der Waals surface area contributed by atoms with Gasteiger partial charge in [-0.05, 0) is 31.2 Å². The largest absolute Gasteiger partial charge is 0.366 e. The van der Waals surface area contributed by atoms with Crippen LogP contribution in [-0.4, -0.2) is 22.7 Å². The Labute approximate surface area is 124 Å². The number of benzene rings is 1. The zero-order valence-corrected chi connectivity index (χ0v) is 11.9. The fourth-order valence-corrected chi connectivity index (χ4v) is 2.15. The van der Waals surface area contributed by atoms with Crippen molar-refractivity contribution in [2.45, 2.75) is 6.92 Å². The van der Waals surface area contributed by atoms with Crippen molar-refractivity contribution in [3.8, 4) is 0 Å². The minimum Gasteiger partial charge on any atom is -0.366 e. The highest BCUT2D eigenvalue weighted by atomic mass is 32.1. The molecule has 0 fully saturated rings. The Balaban J connectivity index is 1.97. The fourth-order valence-electron chi connectivity index (χ4n) is 1.47. The minimum atomic E-state index is -0.824. The predicted octanol–water partition coefficient (Wildman–Crippen LogP) is 1.13. The zero-order valence-electron chi connectivity index (χ0n) is 11.0. The van der Waals surface area contributed by atoms with Gasteiger partial charge in [-0.15, -0.1) is 11.3 Å². The van der Waals surface area contributed by atoms with Gasteiger partial charge in [0, 0.05) is 16.6 Å². The van der Waals surface area contributed by atoms with E-state index in [1.54, 1.807) is 12.3 Å². The lowest BCUT2D eigenvalue weighted by Gasteiger charge is -2.05. The highest BCUT2D eigenvalue weighted by molar-refractivity contribution is 7.14. The van der Waals surface area contributed by atoms with Crippen LogP contribution in [0.2, 0.25) is 0 Å². The highest BCUT2D eigenvalue weighted by Crippen LogP contribution is 2.14. The number of carbonyl (C=O) groups excluding carboxylic acids is 3. The van der Waals surface area contributed by atoms with Crippen molar-refractivity contribution in [1.82, 2.24) is 4.98 Å². The van der Waals surface area contributed by atoms with Gasteiger partial charge in [-0.2, -0.15) is 0 Å². The van der Waals surface area contributed by atoms with Gasteiger partial charge in [0.15, 0.2) is 5.13 Å². The lowest BCUT2D eigenvalue weighted by atomic mass is 10.2. The minimum absolute atomic E-state index is 0.315. The summed E-state index contributed by atoms with van der Waals surface area (Å²) in [5, 5.41) is 6.92. The number of nitrogens with one attached hydrogen (secondary N) is 2. The first-order chi connectivity index (χ1) is 9.95. The summed E-state index contributed by atoms with van der Waals surface area (Å²) < 4.78 is 0. The Kier molecular flexibility index (Phi) is 4.29. The molecule has 108 valence electrons. The SMILES string of the molecule is Cc1csc(NC(=O)C(=O)Nc2ccc(C(N)=O)cc2)n1. The number of carbonyl (C=O) groups is 3. The Morgan fingerprint density at radius 2 is 1.71 bits per heavy atom. The van der Waals surface area contributed by atoms with Crippen LogP contribution in [0.25, 0.3) is 0 Å². The average Bonchev–Trinajstić information content (AvgIpc) is 2.84. The number of thiazole rings is 1. The van der Waals surface area contributed by atoms with Gasteiger partial charge in [-0.1, -0.05) is 0 Å². The molecule has 0 atom stereocenters. The van der Waals surface area contributed by atoms with Gasteiger partial charge in [0.1, 0.15) is 0 Å². The van der Waals surface area contributed by atoms with Crippen LogP contribution in [0.1, 0.15) is 16.1 Å². The normalized spacial score (nSPS) is 9.95. The van der Waals surface area contributed by atoms with E-state index in [1.807, 2.05) is 0 Å². The van der Waals surface area contributed by atoms with E-state index in [0.717, 1.165) is 5.69 Å². The molecule has 0 unspecified atom stereocenters. The smallest absolute Gasteiger partial charge is 0.315 e. The number of primary amides is 1. The molecule has 7 nitrogen and oxygen atoms in total. The van der Waals surface area contributed by atoms with Gasteiger partial charge in [0.25, 0.3) is 0 Å². The molecule has 0 spiro atoms. The topological polar surface area (TPSA) is 114 Å². The van der Waals surface area contributed by atoms with E-state index >= 15 is 0 Å².